The van der Waals surface area contributed by atoms with Gasteiger partial charge in [-0.15, -0.1) is 0 Å². The molecule has 1 aromatic carbocycles. The molecule has 1 atom stereocenters. The van der Waals surface area contributed by atoms with Gasteiger partial charge >= 0.3 is 0 Å². The Bertz CT molecular complexity index is 799. The number of carbonyl (C=O) groups excluding carboxylic acids is 1. The lowest BCUT2D eigenvalue weighted by Crippen LogP contribution is -2.44. The summed E-state index contributed by atoms with van der Waals surface area (Å²) in [6, 6.07) is 9.60. The van der Waals surface area contributed by atoms with E-state index in [4.69, 9.17) is 4.42 Å². The fraction of sp³-hybridized carbons (Fsp3) is 0.500. The van der Waals surface area contributed by atoms with Crippen molar-refractivity contribution in [1.29, 1.82) is 0 Å². The van der Waals surface area contributed by atoms with E-state index < -0.39 is 9.84 Å². The van der Waals surface area contributed by atoms with Crippen LogP contribution in [0.1, 0.15) is 38.4 Å². The Balaban J connectivity index is 1.68. The van der Waals surface area contributed by atoms with Crippen LogP contribution in [-0.4, -0.2) is 43.3 Å². The second kappa shape index (κ2) is 6.59. The van der Waals surface area contributed by atoms with Crippen LogP contribution in [0.25, 0.3) is 11.0 Å². The first kappa shape index (κ1) is 17.0. The molecule has 1 aromatic heterocycles. The number of para-hydroxylation sites is 1. The third-order valence-electron chi connectivity index (χ3n) is 4.91. The highest BCUT2D eigenvalue weighted by Crippen LogP contribution is 2.28. The summed E-state index contributed by atoms with van der Waals surface area (Å²) >= 11 is 0. The van der Waals surface area contributed by atoms with E-state index in [1.807, 2.05) is 37.3 Å². The second-order valence-electron chi connectivity index (χ2n) is 6.38. The first-order valence-corrected chi connectivity index (χ1v) is 10.1. The monoisotopic (exact) mass is 349 g/mol. The van der Waals surface area contributed by atoms with Crippen LogP contribution >= 0.6 is 0 Å². The van der Waals surface area contributed by atoms with Crippen molar-refractivity contribution in [3.8, 4) is 0 Å². The number of carbonyl (C=O) groups is 1. The third kappa shape index (κ3) is 3.20. The van der Waals surface area contributed by atoms with Crippen molar-refractivity contribution in [3.63, 3.8) is 0 Å². The van der Waals surface area contributed by atoms with Crippen LogP contribution in [0.15, 0.2) is 34.7 Å². The van der Waals surface area contributed by atoms with Crippen molar-refractivity contribution >= 4 is 26.7 Å². The van der Waals surface area contributed by atoms with Gasteiger partial charge < -0.3 is 9.32 Å². The summed E-state index contributed by atoms with van der Waals surface area (Å²) in [6.07, 6.45) is 1.05. The highest BCUT2D eigenvalue weighted by Gasteiger charge is 2.32. The van der Waals surface area contributed by atoms with Crippen LogP contribution in [0.2, 0.25) is 0 Å². The Kier molecular flexibility index (Phi) is 4.67. The lowest BCUT2D eigenvalue weighted by atomic mass is 10.0. The van der Waals surface area contributed by atoms with Crippen LogP contribution in [-0.2, 0) is 14.6 Å². The highest BCUT2D eigenvalue weighted by molar-refractivity contribution is 7.92. The summed E-state index contributed by atoms with van der Waals surface area (Å²) < 4.78 is 29.7. The van der Waals surface area contributed by atoms with Crippen molar-refractivity contribution in [2.45, 2.75) is 37.9 Å². The number of likely N-dealkylation sites (tertiary alicyclic amines) is 1. The summed E-state index contributed by atoms with van der Waals surface area (Å²) in [5.74, 6) is 0.462. The van der Waals surface area contributed by atoms with E-state index >= 15 is 0 Å². The van der Waals surface area contributed by atoms with Crippen molar-refractivity contribution in [1.82, 2.24) is 4.90 Å². The first-order chi connectivity index (χ1) is 11.4. The molecule has 5 nitrogen and oxygen atoms in total. The maximum absolute atomic E-state index is 12.7. The molecule has 0 radical (unpaired) electrons. The molecule has 1 aliphatic heterocycles. The van der Waals surface area contributed by atoms with Crippen molar-refractivity contribution in [2.75, 3.05) is 18.8 Å². The molecule has 130 valence electrons. The standard InChI is InChI=1S/C18H23NO4S/c1-3-24(21,22)15-8-10-19(11-9-15)18(20)13(2)17-12-14-6-4-5-7-16(14)23-17/h4-7,12-13,15H,3,8-11H2,1-2H3/t13-/m0/s1. The zero-order valence-electron chi connectivity index (χ0n) is 14.1. The van der Waals surface area contributed by atoms with E-state index in [0.717, 1.165) is 11.0 Å². The topological polar surface area (TPSA) is 67.6 Å². The normalized spacial score (nSPS) is 18.0. The maximum atomic E-state index is 12.7. The third-order valence-corrected chi connectivity index (χ3v) is 7.20. The number of furan rings is 1. The molecule has 2 heterocycles. The average molecular weight is 349 g/mol. The fourth-order valence-corrected chi connectivity index (χ4v) is 4.68. The molecule has 0 saturated carbocycles. The Morgan fingerprint density at radius 2 is 1.96 bits per heavy atom. The minimum atomic E-state index is -3.02. The van der Waals surface area contributed by atoms with E-state index in [1.165, 1.54) is 0 Å². The number of rotatable bonds is 4. The fourth-order valence-electron chi connectivity index (χ4n) is 3.28. The van der Waals surface area contributed by atoms with Gasteiger partial charge in [-0.3, -0.25) is 4.79 Å². The summed E-state index contributed by atoms with van der Waals surface area (Å²) in [5, 5.41) is 0.674. The number of benzene rings is 1. The molecule has 2 aromatic rings. The lowest BCUT2D eigenvalue weighted by Gasteiger charge is -2.32. The number of nitrogens with zero attached hydrogens (tertiary/aromatic N) is 1. The zero-order chi connectivity index (χ0) is 17.3. The van der Waals surface area contributed by atoms with Crippen molar-refractivity contribution in [3.05, 3.63) is 36.1 Å². The molecule has 1 amide bonds. The van der Waals surface area contributed by atoms with Gasteiger partial charge in [-0.25, -0.2) is 8.42 Å². The van der Waals surface area contributed by atoms with E-state index in [0.29, 0.717) is 31.7 Å². The van der Waals surface area contributed by atoms with Crippen LogP contribution in [0.3, 0.4) is 0 Å². The summed E-state index contributed by atoms with van der Waals surface area (Å²) in [4.78, 5) is 14.5. The molecule has 0 aliphatic carbocycles. The minimum absolute atomic E-state index is 0.00130. The Morgan fingerprint density at radius 1 is 1.29 bits per heavy atom. The Morgan fingerprint density at radius 3 is 2.58 bits per heavy atom. The highest BCUT2D eigenvalue weighted by atomic mass is 32.2. The SMILES string of the molecule is CCS(=O)(=O)C1CCN(C(=O)[C@@H](C)c2cc3ccccc3o2)CC1. The molecule has 24 heavy (non-hydrogen) atoms. The van der Waals surface area contributed by atoms with Gasteiger partial charge in [0.05, 0.1) is 11.2 Å². The van der Waals surface area contributed by atoms with Gasteiger partial charge in [-0.2, -0.15) is 0 Å². The summed E-state index contributed by atoms with van der Waals surface area (Å²) in [5.41, 5.74) is 0.778. The molecule has 1 fully saturated rings. The van der Waals surface area contributed by atoms with Gasteiger partial charge in [0.25, 0.3) is 0 Å². The van der Waals surface area contributed by atoms with Crippen LogP contribution < -0.4 is 0 Å². The molecular weight excluding hydrogens is 326 g/mol. The van der Waals surface area contributed by atoms with Crippen LogP contribution in [0.5, 0.6) is 0 Å². The number of sulfone groups is 1. The van der Waals surface area contributed by atoms with E-state index in [9.17, 15) is 13.2 Å². The largest absolute Gasteiger partial charge is 0.460 e. The molecule has 1 aliphatic rings. The molecule has 1 saturated heterocycles. The van der Waals surface area contributed by atoms with E-state index in [2.05, 4.69) is 0 Å². The van der Waals surface area contributed by atoms with Gasteiger partial charge in [0.15, 0.2) is 9.84 Å². The van der Waals surface area contributed by atoms with Gasteiger partial charge in [0, 0.05) is 24.2 Å². The maximum Gasteiger partial charge on any atom is 0.233 e. The number of piperidine rings is 1. The smallest absolute Gasteiger partial charge is 0.233 e. The molecule has 3 rings (SSSR count). The predicted octanol–water partition coefficient (Wildman–Crippen LogP) is 2.96. The molecule has 0 N–H and O–H groups in total. The Hall–Kier alpha value is -1.82. The van der Waals surface area contributed by atoms with Crippen LogP contribution in [0, 0.1) is 0 Å². The van der Waals surface area contributed by atoms with E-state index in [-0.39, 0.29) is 22.8 Å². The predicted molar refractivity (Wildman–Crippen MR) is 93.7 cm³/mol. The molecule has 0 spiro atoms. The van der Waals surface area contributed by atoms with Gasteiger partial charge in [0.2, 0.25) is 5.91 Å². The quantitative estimate of drug-likeness (QED) is 0.851. The van der Waals surface area contributed by atoms with Crippen molar-refractivity contribution < 1.29 is 17.6 Å². The summed E-state index contributed by atoms with van der Waals surface area (Å²) in [6.45, 7) is 4.51. The number of hydrogen-bond donors (Lipinski definition) is 0. The summed E-state index contributed by atoms with van der Waals surface area (Å²) in [7, 11) is -3.02. The minimum Gasteiger partial charge on any atom is -0.460 e. The van der Waals surface area contributed by atoms with Gasteiger partial charge in [-0.1, -0.05) is 25.1 Å². The zero-order valence-corrected chi connectivity index (χ0v) is 14.9. The van der Waals surface area contributed by atoms with Gasteiger partial charge in [0.1, 0.15) is 11.3 Å². The average Bonchev–Trinajstić information content (AvgIpc) is 3.04. The molecular formula is C18H23NO4S. The Labute approximate surface area is 142 Å². The number of hydrogen-bond acceptors (Lipinski definition) is 4. The lowest BCUT2D eigenvalue weighted by molar-refractivity contribution is -0.133. The molecule has 0 bridgehead atoms. The van der Waals surface area contributed by atoms with Crippen LogP contribution in [0.4, 0.5) is 0 Å². The molecule has 6 heteroatoms. The first-order valence-electron chi connectivity index (χ1n) is 8.41. The van der Waals surface area contributed by atoms with Crippen molar-refractivity contribution in [2.24, 2.45) is 0 Å². The molecule has 0 unspecified atom stereocenters. The number of fused-ring (bicyclic) bond motifs is 1. The second-order valence-corrected chi connectivity index (χ2v) is 8.95. The van der Waals surface area contributed by atoms with E-state index in [1.54, 1.807) is 11.8 Å². The number of amides is 1. The van der Waals surface area contributed by atoms with Gasteiger partial charge in [-0.05, 0) is 31.9 Å².